The van der Waals surface area contributed by atoms with E-state index in [0.717, 1.165) is 0 Å². The van der Waals surface area contributed by atoms with Crippen LogP contribution in [0.1, 0.15) is 27.2 Å². The lowest BCUT2D eigenvalue weighted by Gasteiger charge is -2.21. The number of hydrogen-bond acceptors (Lipinski definition) is 4. The molecule has 0 fully saturated rings. The lowest BCUT2D eigenvalue weighted by atomic mass is 10.0. The molecule has 0 aromatic heterocycles. The number of nitrogens with zero attached hydrogens (tertiary/aromatic N) is 1. The van der Waals surface area contributed by atoms with E-state index in [9.17, 15) is 15.2 Å². The van der Waals surface area contributed by atoms with E-state index >= 15 is 0 Å². The summed E-state index contributed by atoms with van der Waals surface area (Å²) in [6, 6.07) is 0. The Labute approximate surface area is 83.5 Å². The average molecular weight is 203 g/mol. The molecular formula is C9H17NO4. The van der Waals surface area contributed by atoms with Crippen molar-refractivity contribution in [2.45, 2.75) is 39.0 Å². The highest BCUT2D eigenvalue weighted by Crippen LogP contribution is 2.15. The smallest absolute Gasteiger partial charge is 0.242 e. The maximum absolute atomic E-state index is 10.7. The first kappa shape index (κ1) is 13.1. The van der Waals surface area contributed by atoms with Gasteiger partial charge in [-0.3, -0.25) is 10.1 Å². The van der Waals surface area contributed by atoms with E-state index in [1.165, 1.54) is 6.92 Å². The number of ether oxygens (including phenoxy) is 1. The fourth-order valence-corrected chi connectivity index (χ4v) is 0.685. The van der Waals surface area contributed by atoms with Crippen molar-refractivity contribution >= 4 is 0 Å². The Morgan fingerprint density at radius 2 is 2.29 bits per heavy atom. The van der Waals surface area contributed by atoms with Gasteiger partial charge in [0.25, 0.3) is 0 Å². The molecule has 0 aromatic carbocycles. The van der Waals surface area contributed by atoms with Crippen LogP contribution < -0.4 is 0 Å². The normalized spacial score (nSPS) is 17.1. The third-order valence-electron chi connectivity index (χ3n) is 2.18. The van der Waals surface area contributed by atoms with Crippen molar-refractivity contribution in [1.82, 2.24) is 0 Å². The van der Waals surface area contributed by atoms with Gasteiger partial charge in [-0.1, -0.05) is 13.5 Å². The second-order valence-corrected chi connectivity index (χ2v) is 3.62. The molecule has 0 saturated heterocycles. The first-order valence-electron chi connectivity index (χ1n) is 4.43. The Morgan fingerprint density at radius 1 is 1.79 bits per heavy atom. The highest BCUT2D eigenvalue weighted by molar-refractivity contribution is 4.92. The van der Waals surface area contributed by atoms with E-state index in [0.29, 0.717) is 12.0 Å². The van der Waals surface area contributed by atoms with Crippen molar-refractivity contribution in [3.63, 3.8) is 0 Å². The molecule has 0 saturated carbocycles. The molecule has 0 aliphatic carbocycles. The SMILES string of the molecule is C=C(C)C(O)OCC(C)(CC)[N+](=O)[O-]. The number of hydrogen-bond donors (Lipinski definition) is 1. The van der Waals surface area contributed by atoms with Crippen molar-refractivity contribution in [1.29, 1.82) is 0 Å². The summed E-state index contributed by atoms with van der Waals surface area (Å²) in [6.07, 6.45) is -0.774. The Hall–Kier alpha value is -0.940. The third-order valence-corrected chi connectivity index (χ3v) is 2.18. The van der Waals surface area contributed by atoms with E-state index < -0.39 is 16.8 Å². The summed E-state index contributed by atoms with van der Waals surface area (Å²) < 4.78 is 4.94. The van der Waals surface area contributed by atoms with Crippen molar-refractivity contribution in [3.05, 3.63) is 22.3 Å². The average Bonchev–Trinajstić information content (AvgIpc) is 2.12. The van der Waals surface area contributed by atoms with Gasteiger partial charge in [0.05, 0.1) is 0 Å². The monoisotopic (exact) mass is 203 g/mol. The number of rotatable bonds is 6. The Balaban J connectivity index is 4.21. The lowest BCUT2D eigenvalue weighted by molar-refractivity contribution is -0.571. The molecule has 5 heteroatoms. The molecule has 0 spiro atoms. The summed E-state index contributed by atoms with van der Waals surface area (Å²) in [4.78, 5) is 10.3. The van der Waals surface area contributed by atoms with Crippen LogP contribution in [-0.4, -0.2) is 28.5 Å². The molecule has 2 unspecified atom stereocenters. The Bertz CT molecular complexity index is 229. The molecule has 0 radical (unpaired) electrons. The second-order valence-electron chi connectivity index (χ2n) is 3.62. The quantitative estimate of drug-likeness (QED) is 0.306. The van der Waals surface area contributed by atoms with Crippen molar-refractivity contribution < 1.29 is 14.8 Å². The van der Waals surface area contributed by atoms with Crippen molar-refractivity contribution in [2.24, 2.45) is 0 Å². The van der Waals surface area contributed by atoms with Gasteiger partial charge in [-0.15, -0.1) is 0 Å². The van der Waals surface area contributed by atoms with Gasteiger partial charge >= 0.3 is 0 Å². The molecule has 14 heavy (non-hydrogen) atoms. The zero-order chi connectivity index (χ0) is 11.4. The molecule has 0 heterocycles. The van der Waals surface area contributed by atoms with Crippen LogP contribution in [0.5, 0.6) is 0 Å². The van der Waals surface area contributed by atoms with Gasteiger partial charge in [0, 0.05) is 18.3 Å². The van der Waals surface area contributed by atoms with E-state index in [-0.39, 0.29) is 6.61 Å². The van der Waals surface area contributed by atoms with E-state index in [1.54, 1.807) is 13.8 Å². The zero-order valence-corrected chi connectivity index (χ0v) is 8.82. The topological polar surface area (TPSA) is 72.6 Å². The third kappa shape index (κ3) is 3.43. The van der Waals surface area contributed by atoms with Crippen LogP contribution in [0.2, 0.25) is 0 Å². The number of nitro groups is 1. The molecule has 0 bridgehead atoms. The summed E-state index contributed by atoms with van der Waals surface area (Å²) in [7, 11) is 0. The Kier molecular flexibility index (Phi) is 4.73. The van der Waals surface area contributed by atoms with E-state index in [2.05, 4.69) is 6.58 Å². The maximum Gasteiger partial charge on any atom is 0.242 e. The predicted molar refractivity (Wildman–Crippen MR) is 52.5 cm³/mol. The fraction of sp³-hybridized carbons (Fsp3) is 0.778. The minimum atomic E-state index is -1.14. The van der Waals surface area contributed by atoms with Crippen LogP contribution in [-0.2, 0) is 4.74 Å². The number of aliphatic hydroxyl groups excluding tert-OH is 1. The van der Waals surface area contributed by atoms with Crippen LogP contribution in [0.15, 0.2) is 12.2 Å². The maximum atomic E-state index is 10.7. The second kappa shape index (κ2) is 5.07. The molecule has 82 valence electrons. The largest absolute Gasteiger partial charge is 0.364 e. The summed E-state index contributed by atoms with van der Waals surface area (Å²) in [5.74, 6) is 0. The van der Waals surface area contributed by atoms with E-state index in [1.807, 2.05) is 0 Å². The van der Waals surface area contributed by atoms with Gasteiger partial charge in [0.1, 0.15) is 6.61 Å². The molecule has 0 amide bonds. The highest BCUT2D eigenvalue weighted by atomic mass is 16.6. The zero-order valence-electron chi connectivity index (χ0n) is 8.82. The van der Waals surface area contributed by atoms with Crippen molar-refractivity contribution in [2.75, 3.05) is 6.61 Å². The van der Waals surface area contributed by atoms with Gasteiger partial charge < -0.3 is 9.84 Å². The van der Waals surface area contributed by atoms with Crippen LogP contribution in [0.3, 0.4) is 0 Å². The molecule has 5 nitrogen and oxygen atoms in total. The summed E-state index contributed by atoms with van der Waals surface area (Å²) in [5.41, 5.74) is -0.706. The van der Waals surface area contributed by atoms with Gasteiger partial charge in [0.15, 0.2) is 6.29 Å². The standard InChI is InChI=1S/C9H17NO4/c1-5-9(4,10(12)13)6-14-8(11)7(2)3/h8,11H,2,5-6H2,1,3-4H3. The molecular weight excluding hydrogens is 186 g/mol. The van der Waals surface area contributed by atoms with Crippen LogP contribution in [0, 0.1) is 10.1 Å². The van der Waals surface area contributed by atoms with Crippen LogP contribution >= 0.6 is 0 Å². The van der Waals surface area contributed by atoms with E-state index in [4.69, 9.17) is 4.74 Å². The summed E-state index contributed by atoms with van der Waals surface area (Å²) >= 11 is 0. The van der Waals surface area contributed by atoms with Crippen LogP contribution in [0.25, 0.3) is 0 Å². The minimum absolute atomic E-state index is 0.121. The van der Waals surface area contributed by atoms with Gasteiger partial charge in [-0.25, -0.2) is 0 Å². The predicted octanol–water partition coefficient (Wildman–Crippen LogP) is 1.34. The first-order valence-corrected chi connectivity index (χ1v) is 4.43. The minimum Gasteiger partial charge on any atom is -0.364 e. The van der Waals surface area contributed by atoms with Gasteiger partial charge in [0.2, 0.25) is 5.54 Å². The lowest BCUT2D eigenvalue weighted by Crippen LogP contribution is -2.40. The van der Waals surface area contributed by atoms with Crippen LogP contribution in [0.4, 0.5) is 0 Å². The molecule has 0 rings (SSSR count). The highest BCUT2D eigenvalue weighted by Gasteiger charge is 2.36. The molecule has 0 aliphatic rings. The first-order chi connectivity index (χ1) is 6.33. The Morgan fingerprint density at radius 3 is 2.57 bits per heavy atom. The molecule has 0 aliphatic heterocycles. The molecule has 1 N–H and O–H groups in total. The van der Waals surface area contributed by atoms with Gasteiger partial charge in [-0.05, 0) is 12.5 Å². The summed E-state index contributed by atoms with van der Waals surface area (Å²) in [6.45, 7) is 8.15. The molecule has 2 atom stereocenters. The number of aliphatic hydroxyl groups is 1. The van der Waals surface area contributed by atoms with Crippen molar-refractivity contribution in [3.8, 4) is 0 Å². The molecule has 0 aromatic rings. The summed E-state index contributed by atoms with van der Waals surface area (Å²) in [5, 5.41) is 19.9. The fourth-order valence-electron chi connectivity index (χ4n) is 0.685. The van der Waals surface area contributed by atoms with Gasteiger partial charge in [-0.2, -0.15) is 0 Å².